The molecule has 5 heteroatoms. The molecule has 2 aromatic carbocycles. The molecule has 0 aliphatic carbocycles. The summed E-state index contributed by atoms with van der Waals surface area (Å²) in [4.78, 5) is 11.9. The summed E-state index contributed by atoms with van der Waals surface area (Å²) in [5.41, 5.74) is 0.571. The second-order valence-corrected chi connectivity index (χ2v) is 5.07. The van der Waals surface area contributed by atoms with E-state index in [9.17, 15) is 18.0 Å². The Labute approximate surface area is 127 Å². The minimum absolute atomic E-state index is 0.199. The normalized spacial score (nSPS) is 12.7. The third kappa shape index (κ3) is 4.35. The van der Waals surface area contributed by atoms with Crippen molar-refractivity contribution in [2.45, 2.75) is 25.6 Å². The summed E-state index contributed by atoms with van der Waals surface area (Å²) >= 11 is 0. The van der Waals surface area contributed by atoms with Gasteiger partial charge in [0.15, 0.2) is 0 Å². The van der Waals surface area contributed by atoms with E-state index in [1.807, 2.05) is 30.3 Å². The summed E-state index contributed by atoms with van der Waals surface area (Å²) in [6, 6.07) is 13.7. The van der Waals surface area contributed by atoms with Crippen molar-refractivity contribution in [1.82, 2.24) is 5.32 Å². The molecule has 2 nitrogen and oxygen atoms in total. The van der Waals surface area contributed by atoms with E-state index < -0.39 is 17.8 Å². The summed E-state index contributed by atoms with van der Waals surface area (Å²) < 4.78 is 38.1. The summed E-state index contributed by atoms with van der Waals surface area (Å²) in [5, 5.41) is 2.72. The smallest absolute Gasteiger partial charge is 0.349 e. The Balaban J connectivity index is 2.03. The SMILES string of the molecule is CC(NC(=O)Cc1ccccc1)c1cccc(C(F)(F)F)c1. The van der Waals surface area contributed by atoms with Gasteiger partial charge in [0.25, 0.3) is 0 Å². The van der Waals surface area contributed by atoms with Gasteiger partial charge in [-0.1, -0.05) is 42.5 Å². The zero-order valence-corrected chi connectivity index (χ0v) is 12.0. The molecule has 0 radical (unpaired) electrons. The summed E-state index contributed by atoms with van der Waals surface area (Å²) in [5.74, 6) is -0.226. The van der Waals surface area contributed by atoms with Gasteiger partial charge in [0.05, 0.1) is 18.0 Å². The Kier molecular flexibility index (Phi) is 4.85. The predicted octanol–water partition coefficient (Wildman–Crippen LogP) is 4.13. The van der Waals surface area contributed by atoms with Crippen LogP contribution in [0.5, 0.6) is 0 Å². The number of alkyl halides is 3. The van der Waals surface area contributed by atoms with Gasteiger partial charge in [-0.05, 0) is 30.2 Å². The monoisotopic (exact) mass is 307 g/mol. The van der Waals surface area contributed by atoms with Gasteiger partial charge in [-0.2, -0.15) is 13.2 Å². The number of nitrogens with one attached hydrogen (secondary N) is 1. The van der Waals surface area contributed by atoms with Crippen LogP contribution in [0.15, 0.2) is 54.6 Å². The summed E-state index contributed by atoms with van der Waals surface area (Å²) in [7, 11) is 0. The van der Waals surface area contributed by atoms with Gasteiger partial charge < -0.3 is 5.32 Å². The van der Waals surface area contributed by atoms with E-state index in [0.29, 0.717) is 5.56 Å². The van der Waals surface area contributed by atoms with E-state index in [1.54, 1.807) is 13.0 Å². The fourth-order valence-electron chi connectivity index (χ4n) is 2.14. The maximum absolute atomic E-state index is 12.7. The number of carbonyl (C=O) groups excluding carboxylic acids is 1. The van der Waals surface area contributed by atoms with Crippen molar-refractivity contribution in [2.24, 2.45) is 0 Å². The highest BCUT2D eigenvalue weighted by Crippen LogP contribution is 2.30. The van der Waals surface area contributed by atoms with Crippen LogP contribution >= 0.6 is 0 Å². The molecule has 1 N–H and O–H groups in total. The molecule has 0 spiro atoms. The van der Waals surface area contributed by atoms with Gasteiger partial charge in [-0.25, -0.2) is 0 Å². The number of halogens is 3. The molecular weight excluding hydrogens is 291 g/mol. The summed E-state index contributed by atoms with van der Waals surface area (Å²) in [6.45, 7) is 1.67. The lowest BCUT2D eigenvalue weighted by molar-refractivity contribution is -0.137. The minimum Gasteiger partial charge on any atom is -0.349 e. The van der Waals surface area contributed by atoms with Gasteiger partial charge >= 0.3 is 6.18 Å². The molecule has 0 fully saturated rings. The van der Waals surface area contributed by atoms with Gasteiger partial charge in [-0.3, -0.25) is 4.79 Å². The molecule has 1 amide bonds. The standard InChI is InChI=1S/C17H16F3NO/c1-12(14-8-5-9-15(11-14)17(18,19)20)21-16(22)10-13-6-3-2-4-7-13/h2-9,11-12H,10H2,1H3,(H,21,22). The Hall–Kier alpha value is -2.30. The third-order valence-electron chi connectivity index (χ3n) is 3.30. The lowest BCUT2D eigenvalue weighted by atomic mass is 10.0. The van der Waals surface area contributed by atoms with Crippen LogP contribution in [0.25, 0.3) is 0 Å². The van der Waals surface area contributed by atoms with Crippen LogP contribution in [0.3, 0.4) is 0 Å². The zero-order chi connectivity index (χ0) is 16.2. The van der Waals surface area contributed by atoms with Crippen molar-refractivity contribution in [1.29, 1.82) is 0 Å². The Bertz CT molecular complexity index is 638. The summed E-state index contributed by atoms with van der Waals surface area (Å²) in [6.07, 6.45) is -4.19. The molecule has 0 aromatic heterocycles. The van der Waals surface area contributed by atoms with Crippen molar-refractivity contribution >= 4 is 5.91 Å². The molecule has 2 rings (SSSR count). The van der Waals surface area contributed by atoms with Crippen molar-refractivity contribution in [3.05, 3.63) is 71.3 Å². The highest BCUT2D eigenvalue weighted by Gasteiger charge is 2.30. The third-order valence-corrected chi connectivity index (χ3v) is 3.30. The van der Waals surface area contributed by atoms with Crippen molar-refractivity contribution in [3.8, 4) is 0 Å². The van der Waals surface area contributed by atoms with Crippen molar-refractivity contribution in [3.63, 3.8) is 0 Å². The van der Waals surface area contributed by atoms with Crippen LogP contribution in [0.1, 0.15) is 29.7 Å². The number of hydrogen-bond donors (Lipinski definition) is 1. The lowest BCUT2D eigenvalue weighted by Crippen LogP contribution is -2.28. The first-order valence-electron chi connectivity index (χ1n) is 6.86. The Morgan fingerprint density at radius 2 is 1.77 bits per heavy atom. The maximum atomic E-state index is 12.7. The molecule has 0 aliphatic heterocycles. The van der Waals surface area contributed by atoms with E-state index in [4.69, 9.17) is 0 Å². The highest BCUT2D eigenvalue weighted by atomic mass is 19.4. The van der Waals surface area contributed by atoms with Crippen LogP contribution in [0.2, 0.25) is 0 Å². The van der Waals surface area contributed by atoms with Crippen LogP contribution < -0.4 is 5.32 Å². The van der Waals surface area contributed by atoms with E-state index in [-0.39, 0.29) is 12.3 Å². The average Bonchev–Trinajstić information content (AvgIpc) is 2.47. The van der Waals surface area contributed by atoms with E-state index in [1.165, 1.54) is 6.07 Å². The Morgan fingerprint density at radius 1 is 1.09 bits per heavy atom. The molecule has 116 valence electrons. The highest BCUT2D eigenvalue weighted by molar-refractivity contribution is 5.79. The molecule has 22 heavy (non-hydrogen) atoms. The molecule has 1 unspecified atom stereocenters. The second-order valence-electron chi connectivity index (χ2n) is 5.07. The van der Waals surface area contributed by atoms with Crippen LogP contribution in [0, 0.1) is 0 Å². The van der Waals surface area contributed by atoms with Crippen LogP contribution in [-0.2, 0) is 17.4 Å². The number of amides is 1. The molecule has 0 aliphatic rings. The number of carbonyl (C=O) groups is 1. The molecule has 2 aromatic rings. The minimum atomic E-state index is -4.39. The van der Waals surface area contributed by atoms with Gasteiger partial charge in [0, 0.05) is 0 Å². The zero-order valence-electron chi connectivity index (χ0n) is 12.0. The lowest BCUT2D eigenvalue weighted by Gasteiger charge is -2.16. The van der Waals surface area contributed by atoms with Gasteiger partial charge in [0.1, 0.15) is 0 Å². The van der Waals surface area contributed by atoms with Crippen LogP contribution in [-0.4, -0.2) is 5.91 Å². The number of hydrogen-bond acceptors (Lipinski definition) is 1. The van der Waals surface area contributed by atoms with Gasteiger partial charge in [-0.15, -0.1) is 0 Å². The quantitative estimate of drug-likeness (QED) is 0.904. The first-order valence-corrected chi connectivity index (χ1v) is 6.86. The molecule has 0 bridgehead atoms. The fourth-order valence-corrected chi connectivity index (χ4v) is 2.14. The molecule has 1 atom stereocenters. The first-order chi connectivity index (χ1) is 10.4. The van der Waals surface area contributed by atoms with Crippen molar-refractivity contribution < 1.29 is 18.0 Å². The van der Waals surface area contributed by atoms with Crippen LogP contribution in [0.4, 0.5) is 13.2 Å². The first kappa shape index (κ1) is 16.1. The fraction of sp³-hybridized carbons (Fsp3) is 0.235. The topological polar surface area (TPSA) is 29.1 Å². The average molecular weight is 307 g/mol. The molecule has 0 saturated carbocycles. The van der Waals surface area contributed by atoms with E-state index in [2.05, 4.69) is 5.32 Å². The molecule has 0 saturated heterocycles. The second kappa shape index (κ2) is 6.64. The molecular formula is C17H16F3NO. The number of benzene rings is 2. The van der Waals surface area contributed by atoms with E-state index >= 15 is 0 Å². The Morgan fingerprint density at radius 3 is 2.41 bits per heavy atom. The molecule has 0 heterocycles. The maximum Gasteiger partial charge on any atom is 0.416 e. The largest absolute Gasteiger partial charge is 0.416 e. The van der Waals surface area contributed by atoms with E-state index in [0.717, 1.165) is 17.7 Å². The number of rotatable bonds is 4. The van der Waals surface area contributed by atoms with Gasteiger partial charge in [0.2, 0.25) is 5.91 Å². The predicted molar refractivity (Wildman–Crippen MR) is 78.1 cm³/mol. The van der Waals surface area contributed by atoms with Crippen molar-refractivity contribution in [2.75, 3.05) is 0 Å².